The molecule has 0 N–H and O–H groups in total. The average molecular weight is 1780 g/mol. The Morgan fingerprint density at radius 1 is 0.313 bits per heavy atom. The van der Waals surface area contributed by atoms with E-state index in [1.54, 1.807) is 35.3 Å². The lowest BCUT2D eigenvalue weighted by Gasteiger charge is -2.33. The predicted octanol–water partition coefficient (Wildman–Crippen LogP) is 26.6. The highest BCUT2D eigenvalue weighted by Gasteiger charge is 2.42. The molecule has 0 unspecified atom stereocenters. The van der Waals surface area contributed by atoms with E-state index in [2.05, 4.69) is 240 Å². The molecule has 0 aliphatic carbocycles. The molecule has 0 aromatic heterocycles. The molecule has 0 saturated carbocycles. The third-order valence-electron chi connectivity index (χ3n) is 24.4. The van der Waals surface area contributed by atoms with Gasteiger partial charge in [0.15, 0.2) is 34.0 Å². The maximum absolute atomic E-state index is 10.1. The largest absolute Gasteiger partial charge is 0.494 e. The minimum absolute atomic E-state index is 0.0212. The Morgan fingerprint density at radius 2 is 0.565 bits per heavy atom. The second kappa shape index (κ2) is 40.7. The van der Waals surface area contributed by atoms with Gasteiger partial charge in [-0.3, -0.25) is 0 Å². The van der Waals surface area contributed by atoms with Crippen LogP contribution >= 0.6 is 35.3 Å². The number of fused-ring (bicyclic) bond motifs is 6. The molecule has 6 aliphatic heterocycles. The first-order chi connectivity index (χ1) is 63.7. The standard InChI is InChI=1S/C110H96N12O6S3/c1-107(2)89(86(71-117)104(126-107)77(65-111)66-112)50-32-74-35-53-95-101(62-74)129-98-29-17-14-26-92(98)120(95)56-20-8-11-23-59-123-83-44-38-80(39-45-83)110(7,81-40-46-84(47-41-81)124-60-24-12-9-21-57-121-93-27-15-18-30-99(93)130-102-63-75(36-54-96(102)121)33-51-90-87(72-118)105(78(67-113)68-114)127-108(90,3)4)82-42-48-85(49-43-82)125-61-25-13-10-22-58-122-94-28-16-19-31-100(94)131-103-64-76(37-55-97(103)122)34-52-91-88(73-119)106(79(69-115)70-116)128-109(91,5)6/h14-19,26-55,62-64H,8-13,20-25,56-61H2,1-7H3/b50-32+,51-33+,52-34+. The van der Waals surface area contributed by atoms with Crippen molar-refractivity contribution in [3.8, 4) is 71.9 Å². The Kier molecular flexibility index (Phi) is 28.3. The molecular formula is C110H96N12O6S3. The second-order valence-electron chi connectivity index (χ2n) is 34.2. The first kappa shape index (κ1) is 91.1. The molecule has 6 heterocycles. The number of hydrogen-bond donors (Lipinski definition) is 0. The Labute approximate surface area is 780 Å². The molecule has 0 saturated heterocycles. The molecule has 9 aromatic carbocycles. The summed E-state index contributed by atoms with van der Waals surface area (Å²) in [6.45, 7) is 17.6. The molecule has 6 aliphatic rings. The van der Waals surface area contributed by atoms with Crippen LogP contribution in [-0.2, 0) is 19.6 Å². The minimum atomic E-state index is -0.910. The molecule has 0 atom stereocenters. The average Bonchev–Trinajstić information content (AvgIpc) is 1.76. The normalized spacial score (nSPS) is 15.2. The molecule has 0 radical (unpaired) electrons. The number of para-hydroxylation sites is 3. The van der Waals surface area contributed by atoms with Crippen LogP contribution in [0, 0.1) is 102 Å². The number of nitrogens with zero attached hydrogens (tertiary/aromatic N) is 12. The van der Waals surface area contributed by atoms with Gasteiger partial charge in [-0.05, 0) is 230 Å². The van der Waals surface area contributed by atoms with Crippen molar-refractivity contribution in [2.24, 2.45) is 0 Å². The quantitative estimate of drug-likeness (QED) is 0.0210. The van der Waals surface area contributed by atoms with E-state index in [4.69, 9.17) is 28.4 Å². The first-order valence-corrected chi connectivity index (χ1v) is 46.6. The van der Waals surface area contributed by atoms with E-state index >= 15 is 0 Å². The van der Waals surface area contributed by atoms with Crippen molar-refractivity contribution in [2.45, 2.75) is 177 Å². The molecule has 0 amide bonds. The van der Waals surface area contributed by atoms with Gasteiger partial charge >= 0.3 is 0 Å². The van der Waals surface area contributed by atoms with E-state index in [0.29, 0.717) is 36.5 Å². The van der Waals surface area contributed by atoms with Crippen LogP contribution in [-0.4, -0.2) is 56.3 Å². The van der Waals surface area contributed by atoms with Crippen LogP contribution in [0.1, 0.15) is 159 Å². The van der Waals surface area contributed by atoms with Gasteiger partial charge in [0.1, 0.15) is 105 Å². The van der Waals surface area contributed by atoms with Crippen molar-refractivity contribution in [2.75, 3.05) is 54.2 Å². The minimum Gasteiger partial charge on any atom is -0.494 e. The van der Waals surface area contributed by atoms with Crippen LogP contribution in [0.5, 0.6) is 17.2 Å². The van der Waals surface area contributed by atoms with Crippen molar-refractivity contribution in [3.63, 3.8) is 0 Å². The van der Waals surface area contributed by atoms with Gasteiger partial charge in [-0.25, -0.2) is 0 Å². The summed E-state index contributed by atoms with van der Waals surface area (Å²) in [5, 5.41) is 88.0. The number of rotatable bonds is 33. The van der Waals surface area contributed by atoms with Gasteiger partial charge in [0.25, 0.3) is 0 Å². The number of ether oxygens (including phenoxy) is 6. The number of benzene rings is 9. The fourth-order valence-corrected chi connectivity index (χ4v) is 20.9. The summed E-state index contributed by atoms with van der Waals surface area (Å²) in [7, 11) is 0. The molecule has 0 bridgehead atoms. The van der Waals surface area contributed by atoms with E-state index in [9.17, 15) is 47.4 Å². The van der Waals surface area contributed by atoms with Gasteiger partial charge in [-0.15, -0.1) is 0 Å². The highest BCUT2D eigenvalue weighted by molar-refractivity contribution is 8.00. The Bertz CT molecular complexity index is 5980. The number of hydrogen-bond acceptors (Lipinski definition) is 21. The second-order valence-corrected chi connectivity index (χ2v) is 37.4. The zero-order chi connectivity index (χ0) is 91.8. The molecule has 0 spiro atoms. The summed E-state index contributed by atoms with van der Waals surface area (Å²) in [6, 6.07) is 88.3. The molecular weight excluding hydrogens is 1680 g/mol. The SMILES string of the molecule is CC1(C)OC(=C(C#N)C#N)C(C#N)=C1/C=C/c1ccc2c(c1)Sc1ccccc1N2CCCCCCOc1ccc(C(C)(c2ccc(OCCCCCCN3c4ccccc4Sc4cc(/C=C/C5=C(C#N)C(=C(C#N)C#N)OC5(C)C)ccc43)cc2)c2ccc(OCCCCCCN3c4ccccc4Sc4cc(/C=C/C5=C(C#N)C(=C(C#N)C#N)OC5(C)C)ccc43)cc2)cc1. The van der Waals surface area contributed by atoms with Gasteiger partial charge in [0.05, 0.1) is 53.9 Å². The zero-order valence-corrected chi connectivity index (χ0v) is 76.7. The van der Waals surface area contributed by atoms with E-state index in [1.807, 2.05) is 114 Å². The maximum Gasteiger partial charge on any atom is 0.172 e. The molecule has 0 fully saturated rings. The van der Waals surface area contributed by atoms with Crippen LogP contribution in [0.4, 0.5) is 34.1 Å². The molecule has 18 nitrogen and oxygen atoms in total. The first-order valence-electron chi connectivity index (χ1n) is 44.1. The maximum atomic E-state index is 10.1. The van der Waals surface area contributed by atoms with Crippen molar-refractivity contribution in [1.29, 1.82) is 47.4 Å². The van der Waals surface area contributed by atoms with Gasteiger partial charge in [0, 0.05) is 71.1 Å². The van der Waals surface area contributed by atoms with Crippen LogP contribution < -0.4 is 28.9 Å². The van der Waals surface area contributed by atoms with E-state index in [1.165, 1.54) is 31.7 Å². The lowest BCUT2D eigenvalue weighted by molar-refractivity contribution is 0.0951. The lowest BCUT2D eigenvalue weighted by Crippen LogP contribution is -2.25. The topological polar surface area (TPSA) is 279 Å². The van der Waals surface area contributed by atoms with E-state index < -0.39 is 22.2 Å². The van der Waals surface area contributed by atoms with Gasteiger partial charge in [-0.2, -0.15) is 47.4 Å². The van der Waals surface area contributed by atoms with Crippen molar-refractivity contribution in [1.82, 2.24) is 0 Å². The molecule has 650 valence electrons. The molecule has 131 heavy (non-hydrogen) atoms. The van der Waals surface area contributed by atoms with Gasteiger partial charge in [-0.1, -0.05) is 201 Å². The van der Waals surface area contributed by atoms with Crippen LogP contribution in [0.25, 0.3) is 18.2 Å². The van der Waals surface area contributed by atoms with E-state index in [-0.39, 0.29) is 50.7 Å². The van der Waals surface area contributed by atoms with Crippen LogP contribution in [0.2, 0.25) is 0 Å². The number of allylic oxidation sites excluding steroid dienone is 6. The Balaban J connectivity index is 0.567. The summed E-state index contributed by atoms with van der Waals surface area (Å²) in [5.74, 6) is 2.51. The summed E-state index contributed by atoms with van der Waals surface area (Å²) >= 11 is 5.22. The molecule has 15 rings (SSSR count). The number of nitriles is 9. The summed E-state index contributed by atoms with van der Waals surface area (Å²) in [4.78, 5) is 14.2. The number of anilines is 6. The van der Waals surface area contributed by atoms with Crippen LogP contribution in [0.15, 0.2) is 315 Å². The summed E-state index contributed by atoms with van der Waals surface area (Å²) in [5.41, 5.74) is 11.6. The number of unbranched alkanes of at least 4 members (excludes halogenated alkanes) is 9. The van der Waals surface area contributed by atoms with E-state index in [0.717, 1.165) is 179 Å². The van der Waals surface area contributed by atoms with Crippen molar-refractivity contribution in [3.05, 3.63) is 319 Å². The van der Waals surface area contributed by atoms with Crippen molar-refractivity contribution >= 4 is 87.6 Å². The molecule has 9 aromatic rings. The van der Waals surface area contributed by atoms with Gasteiger partial charge in [0.2, 0.25) is 0 Å². The zero-order valence-electron chi connectivity index (χ0n) is 74.3. The fourth-order valence-electron chi connectivity index (χ4n) is 17.5. The predicted molar refractivity (Wildman–Crippen MR) is 514 cm³/mol. The third-order valence-corrected chi connectivity index (χ3v) is 27.7. The van der Waals surface area contributed by atoms with Crippen molar-refractivity contribution < 1.29 is 28.4 Å². The monoisotopic (exact) mass is 1780 g/mol. The van der Waals surface area contributed by atoms with Gasteiger partial charge < -0.3 is 43.1 Å². The Hall–Kier alpha value is -14.7. The fraction of sp³-hybridized carbons (Fsp3) is 0.264. The highest BCUT2D eigenvalue weighted by atomic mass is 32.2. The highest BCUT2D eigenvalue weighted by Crippen LogP contribution is 2.54. The summed E-state index contributed by atoms with van der Waals surface area (Å²) in [6.07, 6.45) is 23.2. The molecule has 21 heteroatoms. The van der Waals surface area contributed by atoms with Crippen LogP contribution in [0.3, 0.4) is 0 Å². The third kappa shape index (κ3) is 19.8. The summed E-state index contributed by atoms with van der Waals surface area (Å²) < 4.78 is 37.5. The smallest absolute Gasteiger partial charge is 0.172 e. The Morgan fingerprint density at radius 3 is 0.824 bits per heavy atom. The lowest BCUT2D eigenvalue weighted by atomic mass is 9.71.